The van der Waals surface area contributed by atoms with Crippen LogP contribution in [0.1, 0.15) is 17.1 Å². The number of imidazole rings is 1. The van der Waals surface area contributed by atoms with Gasteiger partial charge in [0, 0.05) is 11.9 Å². The third-order valence-electron chi connectivity index (χ3n) is 3.13. The molecule has 6 heteroatoms. The number of halogens is 1. The Morgan fingerprint density at radius 1 is 1.20 bits per heavy atom. The predicted molar refractivity (Wildman–Crippen MR) is 81.7 cm³/mol. The highest BCUT2D eigenvalue weighted by Crippen LogP contribution is 2.15. The number of aromatic nitrogens is 4. The summed E-state index contributed by atoms with van der Waals surface area (Å²) in [5, 5.41) is 3.40. The van der Waals surface area contributed by atoms with E-state index >= 15 is 0 Å². The maximum atomic E-state index is 4.45. The highest BCUT2D eigenvalue weighted by atomic mass is 79.9. The predicted octanol–water partition coefficient (Wildman–Crippen LogP) is 3.12. The van der Waals surface area contributed by atoms with Crippen LogP contribution >= 0.6 is 15.9 Å². The first-order valence-electron chi connectivity index (χ1n) is 6.29. The Morgan fingerprint density at radius 3 is 2.85 bits per heavy atom. The van der Waals surface area contributed by atoms with Crippen molar-refractivity contribution in [3.05, 3.63) is 52.4 Å². The van der Waals surface area contributed by atoms with Crippen LogP contribution in [0.2, 0.25) is 0 Å². The zero-order chi connectivity index (χ0) is 14.1. The Hall–Kier alpha value is -1.95. The van der Waals surface area contributed by atoms with E-state index in [2.05, 4.69) is 42.3 Å². The molecular weight excluding hydrogens is 318 g/mol. The van der Waals surface area contributed by atoms with Gasteiger partial charge in [-0.3, -0.25) is 9.38 Å². The molecule has 3 aromatic heterocycles. The molecule has 0 spiro atoms. The Bertz CT molecular complexity index is 765. The van der Waals surface area contributed by atoms with E-state index in [1.807, 2.05) is 36.7 Å². The summed E-state index contributed by atoms with van der Waals surface area (Å²) in [6, 6.07) is 4.06. The number of hydrogen-bond acceptors (Lipinski definition) is 4. The van der Waals surface area contributed by atoms with Gasteiger partial charge in [-0.1, -0.05) is 0 Å². The Balaban J connectivity index is 1.85. The van der Waals surface area contributed by atoms with Crippen molar-refractivity contribution in [3.63, 3.8) is 0 Å². The summed E-state index contributed by atoms with van der Waals surface area (Å²) in [7, 11) is 0. The molecule has 3 aromatic rings. The van der Waals surface area contributed by atoms with Crippen LogP contribution in [-0.2, 0) is 6.54 Å². The minimum Gasteiger partial charge on any atom is -0.378 e. The molecule has 0 fully saturated rings. The molecule has 0 aliphatic carbocycles. The van der Waals surface area contributed by atoms with Crippen molar-refractivity contribution in [2.24, 2.45) is 0 Å². The Morgan fingerprint density at radius 2 is 2.05 bits per heavy atom. The molecule has 102 valence electrons. The summed E-state index contributed by atoms with van der Waals surface area (Å²) in [4.78, 5) is 12.9. The first-order valence-corrected chi connectivity index (χ1v) is 7.08. The summed E-state index contributed by atoms with van der Waals surface area (Å²) in [6.45, 7) is 4.68. The molecule has 0 unspecified atom stereocenters. The molecule has 3 rings (SSSR count). The third kappa shape index (κ3) is 2.51. The minimum absolute atomic E-state index is 0.684. The number of nitrogens with zero attached hydrogens (tertiary/aromatic N) is 4. The summed E-state index contributed by atoms with van der Waals surface area (Å²) in [5.41, 5.74) is 4.98. The molecule has 0 saturated heterocycles. The maximum absolute atomic E-state index is 4.45. The first-order chi connectivity index (χ1) is 9.63. The fourth-order valence-electron chi connectivity index (χ4n) is 2.11. The molecule has 0 aromatic carbocycles. The molecule has 5 nitrogen and oxygen atoms in total. The standard InChI is InChI=1S/C14H14BrN5/c1-9-3-4-12(10(2)19-9)16-5-11-6-18-14-7-17-13(15)8-20(11)14/h3-4,6-8,16H,5H2,1-2H3. The summed E-state index contributed by atoms with van der Waals surface area (Å²) >= 11 is 3.38. The summed E-state index contributed by atoms with van der Waals surface area (Å²) in [6.07, 6.45) is 5.51. The van der Waals surface area contributed by atoms with E-state index in [0.29, 0.717) is 6.54 Å². The van der Waals surface area contributed by atoms with E-state index in [1.54, 1.807) is 6.20 Å². The van der Waals surface area contributed by atoms with Gasteiger partial charge in [-0.05, 0) is 41.9 Å². The lowest BCUT2D eigenvalue weighted by atomic mass is 10.2. The van der Waals surface area contributed by atoms with Crippen LogP contribution in [0.3, 0.4) is 0 Å². The van der Waals surface area contributed by atoms with Gasteiger partial charge < -0.3 is 5.32 Å². The van der Waals surface area contributed by atoms with Gasteiger partial charge in [0.2, 0.25) is 0 Å². The quantitative estimate of drug-likeness (QED) is 0.801. The molecule has 0 bridgehead atoms. The van der Waals surface area contributed by atoms with Gasteiger partial charge in [-0.2, -0.15) is 0 Å². The SMILES string of the molecule is Cc1ccc(NCc2cnc3cnc(Br)cn23)c(C)n1. The number of hydrogen-bond donors (Lipinski definition) is 1. The second-order valence-corrected chi connectivity index (χ2v) is 5.44. The second kappa shape index (κ2) is 5.20. The molecule has 0 radical (unpaired) electrons. The van der Waals surface area contributed by atoms with E-state index in [-0.39, 0.29) is 0 Å². The number of nitrogens with one attached hydrogen (secondary N) is 1. The van der Waals surface area contributed by atoms with Gasteiger partial charge in [0.15, 0.2) is 5.65 Å². The molecule has 3 heterocycles. The molecule has 0 atom stereocenters. The van der Waals surface area contributed by atoms with E-state index in [4.69, 9.17) is 0 Å². The van der Waals surface area contributed by atoms with Crippen molar-refractivity contribution in [1.29, 1.82) is 0 Å². The van der Waals surface area contributed by atoms with Crippen LogP contribution in [0.25, 0.3) is 5.65 Å². The molecule has 0 aliphatic rings. The lowest BCUT2D eigenvalue weighted by Gasteiger charge is -2.09. The highest BCUT2D eigenvalue weighted by molar-refractivity contribution is 9.10. The first kappa shape index (κ1) is 13.1. The van der Waals surface area contributed by atoms with Crippen LogP contribution in [0.4, 0.5) is 5.69 Å². The van der Waals surface area contributed by atoms with Crippen LogP contribution < -0.4 is 5.32 Å². The molecule has 1 N–H and O–H groups in total. The fourth-order valence-corrected chi connectivity index (χ4v) is 2.41. The van der Waals surface area contributed by atoms with Gasteiger partial charge >= 0.3 is 0 Å². The van der Waals surface area contributed by atoms with Crippen LogP contribution in [0, 0.1) is 13.8 Å². The van der Waals surface area contributed by atoms with Crippen LogP contribution in [-0.4, -0.2) is 19.4 Å². The number of aryl methyl sites for hydroxylation is 2. The van der Waals surface area contributed by atoms with Gasteiger partial charge in [0.1, 0.15) is 4.60 Å². The van der Waals surface area contributed by atoms with Gasteiger partial charge in [-0.25, -0.2) is 9.97 Å². The Kier molecular flexibility index (Phi) is 3.40. The van der Waals surface area contributed by atoms with Crippen LogP contribution in [0.15, 0.2) is 35.3 Å². The zero-order valence-electron chi connectivity index (χ0n) is 11.3. The summed E-state index contributed by atoms with van der Waals surface area (Å²) < 4.78 is 2.80. The van der Waals surface area contributed by atoms with Gasteiger partial charge in [-0.15, -0.1) is 0 Å². The fraction of sp³-hybridized carbons (Fsp3) is 0.214. The number of fused-ring (bicyclic) bond motifs is 1. The molecule has 0 amide bonds. The van der Waals surface area contributed by atoms with Gasteiger partial charge in [0.25, 0.3) is 0 Å². The lowest BCUT2D eigenvalue weighted by molar-refractivity contribution is 0.976. The topological polar surface area (TPSA) is 55.1 Å². The zero-order valence-corrected chi connectivity index (χ0v) is 12.8. The van der Waals surface area contributed by atoms with Crippen molar-refractivity contribution in [2.75, 3.05) is 5.32 Å². The molecule has 0 saturated carbocycles. The van der Waals surface area contributed by atoms with E-state index in [1.165, 1.54) is 0 Å². The summed E-state index contributed by atoms with van der Waals surface area (Å²) in [5.74, 6) is 0. The van der Waals surface area contributed by atoms with Crippen LogP contribution in [0.5, 0.6) is 0 Å². The lowest BCUT2D eigenvalue weighted by Crippen LogP contribution is -2.05. The van der Waals surface area contributed by atoms with Crippen molar-refractivity contribution in [3.8, 4) is 0 Å². The molecule has 20 heavy (non-hydrogen) atoms. The average Bonchev–Trinajstić information content (AvgIpc) is 2.80. The number of anilines is 1. The smallest absolute Gasteiger partial charge is 0.155 e. The second-order valence-electron chi connectivity index (χ2n) is 4.63. The van der Waals surface area contributed by atoms with E-state index < -0.39 is 0 Å². The third-order valence-corrected chi connectivity index (χ3v) is 3.54. The molecular formula is C14H14BrN5. The monoisotopic (exact) mass is 331 g/mol. The van der Waals surface area contributed by atoms with Crippen molar-refractivity contribution < 1.29 is 0 Å². The Labute approximate surface area is 125 Å². The maximum Gasteiger partial charge on any atom is 0.155 e. The van der Waals surface area contributed by atoms with E-state index in [0.717, 1.165) is 33.0 Å². The average molecular weight is 332 g/mol. The minimum atomic E-state index is 0.684. The highest BCUT2D eigenvalue weighted by Gasteiger charge is 2.05. The largest absolute Gasteiger partial charge is 0.378 e. The molecule has 0 aliphatic heterocycles. The van der Waals surface area contributed by atoms with Crippen molar-refractivity contribution >= 4 is 27.3 Å². The van der Waals surface area contributed by atoms with E-state index in [9.17, 15) is 0 Å². The number of rotatable bonds is 3. The van der Waals surface area contributed by atoms with Crippen molar-refractivity contribution in [2.45, 2.75) is 20.4 Å². The normalized spacial score (nSPS) is 10.9. The van der Waals surface area contributed by atoms with Crippen molar-refractivity contribution in [1.82, 2.24) is 19.4 Å². The number of pyridine rings is 1. The van der Waals surface area contributed by atoms with Gasteiger partial charge in [0.05, 0.1) is 36.0 Å².